The van der Waals surface area contributed by atoms with E-state index in [1.807, 2.05) is 24.4 Å². The number of hydrogen-bond donors (Lipinski definition) is 1. The van der Waals surface area contributed by atoms with Crippen LogP contribution in [0.15, 0.2) is 42.6 Å². The van der Waals surface area contributed by atoms with Crippen molar-refractivity contribution in [3.63, 3.8) is 0 Å². The van der Waals surface area contributed by atoms with Crippen molar-refractivity contribution in [2.45, 2.75) is 12.8 Å². The molecular formula is C15H15BrN2O. The van der Waals surface area contributed by atoms with Crippen molar-refractivity contribution in [3.8, 4) is 11.1 Å². The Bertz CT molecular complexity index is 549. The van der Waals surface area contributed by atoms with Gasteiger partial charge >= 0.3 is 0 Å². The number of amides is 1. The zero-order chi connectivity index (χ0) is 13.7. The van der Waals surface area contributed by atoms with Crippen LogP contribution in [0.25, 0.3) is 11.1 Å². The number of nitrogens with zero attached hydrogens (tertiary/aromatic N) is 1. The lowest BCUT2D eigenvalue weighted by molar-refractivity contribution is 0.100. The molecule has 0 saturated carbocycles. The molecular weight excluding hydrogens is 304 g/mol. The lowest BCUT2D eigenvalue weighted by atomic mass is 10.0. The van der Waals surface area contributed by atoms with Crippen molar-refractivity contribution in [1.29, 1.82) is 0 Å². The van der Waals surface area contributed by atoms with Crippen LogP contribution in [0.3, 0.4) is 0 Å². The van der Waals surface area contributed by atoms with Crippen molar-refractivity contribution in [3.05, 3.63) is 53.9 Å². The van der Waals surface area contributed by atoms with Crippen LogP contribution in [-0.4, -0.2) is 16.2 Å². The third-order valence-corrected chi connectivity index (χ3v) is 3.45. The fraction of sp³-hybridized carbons (Fsp3) is 0.200. The lowest BCUT2D eigenvalue weighted by Gasteiger charge is -2.04. The minimum Gasteiger partial charge on any atom is -0.366 e. The van der Waals surface area contributed by atoms with Crippen LogP contribution in [0.4, 0.5) is 0 Å². The predicted octanol–water partition coefficient (Wildman–Crippen LogP) is 3.18. The average Bonchev–Trinajstić information content (AvgIpc) is 2.46. The summed E-state index contributed by atoms with van der Waals surface area (Å²) in [7, 11) is 0. The van der Waals surface area contributed by atoms with Gasteiger partial charge < -0.3 is 5.73 Å². The number of carbonyl (C=O) groups is 1. The van der Waals surface area contributed by atoms with E-state index in [2.05, 4.69) is 27.0 Å². The molecule has 0 atom stereocenters. The van der Waals surface area contributed by atoms with E-state index in [0.29, 0.717) is 5.56 Å². The fourth-order valence-electron chi connectivity index (χ4n) is 1.82. The van der Waals surface area contributed by atoms with Crippen LogP contribution in [0.5, 0.6) is 0 Å². The highest BCUT2D eigenvalue weighted by Crippen LogP contribution is 2.19. The number of benzene rings is 1. The topological polar surface area (TPSA) is 56.0 Å². The van der Waals surface area contributed by atoms with E-state index >= 15 is 0 Å². The quantitative estimate of drug-likeness (QED) is 0.861. The molecule has 4 heteroatoms. The van der Waals surface area contributed by atoms with Gasteiger partial charge in [0.25, 0.3) is 0 Å². The largest absolute Gasteiger partial charge is 0.366 e. The molecule has 19 heavy (non-hydrogen) atoms. The summed E-state index contributed by atoms with van der Waals surface area (Å²) in [6, 6.07) is 11.3. The first-order valence-electron chi connectivity index (χ1n) is 6.12. The zero-order valence-electron chi connectivity index (χ0n) is 10.5. The van der Waals surface area contributed by atoms with Crippen LogP contribution in [0.1, 0.15) is 22.5 Å². The van der Waals surface area contributed by atoms with Gasteiger partial charge in [0.05, 0.1) is 0 Å². The summed E-state index contributed by atoms with van der Waals surface area (Å²) in [5.74, 6) is -0.408. The molecule has 0 aliphatic carbocycles. The number of halogens is 1. The Morgan fingerprint density at radius 1 is 1.11 bits per heavy atom. The molecule has 2 N–H and O–H groups in total. The summed E-state index contributed by atoms with van der Waals surface area (Å²) in [5.41, 5.74) is 8.90. The summed E-state index contributed by atoms with van der Waals surface area (Å²) < 4.78 is 0. The predicted molar refractivity (Wildman–Crippen MR) is 80.3 cm³/mol. The molecule has 2 rings (SSSR count). The van der Waals surface area contributed by atoms with Gasteiger partial charge in [0.1, 0.15) is 0 Å². The molecule has 1 heterocycles. The summed E-state index contributed by atoms with van der Waals surface area (Å²) in [4.78, 5) is 15.4. The Kier molecular flexibility index (Phi) is 4.68. The molecule has 0 radical (unpaired) electrons. The third kappa shape index (κ3) is 3.64. The Morgan fingerprint density at radius 2 is 1.79 bits per heavy atom. The number of carbonyl (C=O) groups excluding carboxylic acids is 1. The number of primary amides is 1. The summed E-state index contributed by atoms with van der Waals surface area (Å²) >= 11 is 3.41. The molecule has 0 aliphatic heterocycles. The highest BCUT2D eigenvalue weighted by Gasteiger charge is 2.02. The highest BCUT2D eigenvalue weighted by molar-refractivity contribution is 9.09. The SMILES string of the molecule is NC(=O)c1ccc(-c2ccc(CCCBr)nc2)cc1. The van der Waals surface area contributed by atoms with Crippen LogP contribution in [0.2, 0.25) is 0 Å². The fourth-order valence-corrected chi connectivity index (χ4v) is 2.10. The van der Waals surface area contributed by atoms with E-state index in [0.717, 1.165) is 35.0 Å². The molecule has 2 aromatic rings. The summed E-state index contributed by atoms with van der Waals surface area (Å²) in [5, 5.41) is 0.991. The highest BCUT2D eigenvalue weighted by atomic mass is 79.9. The Balaban J connectivity index is 2.15. The molecule has 3 nitrogen and oxygen atoms in total. The van der Waals surface area contributed by atoms with Gasteiger partial charge in [0.15, 0.2) is 0 Å². The number of nitrogens with two attached hydrogens (primary N) is 1. The summed E-state index contributed by atoms with van der Waals surface area (Å²) in [6.07, 6.45) is 3.93. The first kappa shape index (κ1) is 13.7. The maximum atomic E-state index is 11.0. The molecule has 98 valence electrons. The van der Waals surface area contributed by atoms with E-state index in [4.69, 9.17) is 5.73 Å². The monoisotopic (exact) mass is 318 g/mol. The van der Waals surface area contributed by atoms with E-state index < -0.39 is 5.91 Å². The van der Waals surface area contributed by atoms with Gasteiger partial charge in [0, 0.05) is 28.3 Å². The first-order chi connectivity index (χ1) is 9.20. The van der Waals surface area contributed by atoms with Crippen molar-refractivity contribution >= 4 is 21.8 Å². The Labute approximate surface area is 121 Å². The van der Waals surface area contributed by atoms with E-state index in [1.54, 1.807) is 12.1 Å². The molecule has 1 amide bonds. The molecule has 0 spiro atoms. The van der Waals surface area contributed by atoms with Gasteiger partial charge in [-0.05, 0) is 36.6 Å². The molecule has 1 aromatic heterocycles. The average molecular weight is 319 g/mol. The van der Waals surface area contributed by atoms with Crippen molar-refractivity contribution < 1.29 is 4.79 Å². The minimum absolute atomic E-state index is 0.408. The number of hydrogen-bond acceptors (Lipinski definition) is 2. The molecule has 0 aliphatic rings. The number of rotatable bonds is 5. The number of alkyl halides is 1. The van der Waals surface area contributed by atoms with Crippen LogP contribution in [-0.2, 0) is 6.42 Å². The van der Waals surface area contributed by atoms with Gasteiger partial charge in [-0.3, -0.25) is 9.78 Å². The maximum Gasteiger partial charge on any atom is 0.248 e. The molecule has 1 aromatic carbocycles. The summed E-state index contributed by atoms with van der Waals surface area (Å²) in [6.45, 7) is 0. The second-order valence-electron chi connectivity index (χ2n) is 4.27. The van der Waals surface area contributed by atoms with Gasteiger partial charge in [-0.2, -0.15) is 0 Å². The number of aromatic nitrogens is 1. The van der Waals surface area contributed by atoms with Gasteiger partial charge in [-0.25, -0.2) is 0 Å². The molecule has 0 unspecified atom stereocenters. The third-order valence-electron chi connectivity index (χ3n) is 2.89. The van der Waals surface area contributed by atoms with Crippen LogP contribution < -0.4 is 5.73 Å². The lowest BCUT2D eigenvalue weighted by Crippen LogP contribution is -2.10. The first-order valence-corrected chi connectivity index (χ1v) is 7.24. The smallest absolute Gasteiger partial charge is 0.248 e. The van der Waals surface area contributed by atoms with E-state index in [1.165, 1.54) is 0 Å². The number of aryl methyl sites for hydroxylation is 1. The van der Waals surface area contributed by atoms with Crippen LogP contribution in [0, 0.1) is 0 Å². The van der Waals surface area contributed by atoms with Gasteiger partial charge in [-0.15, -0.1) is 0 Å². The van der Waals surface area contributed by atoms with Crippen molar-refractivity contribution in [1.82, 2.24) is 4.98 Å². The van der Waals surface area contributed by atoms with E-state index in [9.17, 15) is 4.79 Å². The van der Waals surface area contributed by atoms with Crippen LogP contribution >= 0.6 is 15.9 Å². The van der Waals surface area contributed by atoms with Gasteiger partial charge in [-0.1, -0.05) is 34.1 Å². The molecule has 0 bridgehead atoms. The second-order valence-corrected chi connectivity index (χ2v) is 5.07. The Morgan fingerprint density at radius 3 is 2.32 bits per heavy atom. The van der Waals surface area contributed by atoms with Gasteiger partial charge in [0.2, 0.25) is 5.91 Å². The molecule has 0 fully saturated rings. The van der Waals surface area contributed by atoms with Crippen molar-refractivity contribution in [2.75, 3.05) is 5.33 Å². The minimum atomic E-state index is -0.408. The normalized spacial score (nSPS) is 10.4. The zero-order valence-corrected chi connectivity index (χ0v) is 12.1. The van der Waals surface area contributed by atoms with E-state index in [-0.39, 0.29) is 0 Å². The number of pyridine rings is 1. The standard InChI is InChI=1S/C15H15BrN2O/c16-9-1-2-14-8-7-13(10-18-14)11-3-5-12(6-4-11)15(17)19/h3-8,10H,1-2,9H2,(H2,17,19). The second kappa shape index (κ2) is 6.48. The Hall–Kier alpha value is -1.68. The van der Waals surface area contributed by atoms with Crippen molar-refractivity contribution in [2.24, 2.45) is 5.73 Å². The molecule has 0 saturated heterocycles. The maximum absolute atomic E-state index is 11.0.